The van der Waals surface area contributed by atoms with Gasteiger partial charge in [-0.2, -0.15) is 0 Å². The largest absolute Gasteiger partial charge is 0.508 e. The fourth-order valence-electron chi connectivity index (χ4n) is 3.91. The highest BCUT2D eigenvalue weighted by Gasteiger charge is 2.45. The summed E-state index contributed by atoms with van der Waals surface area (Å²) >= 11 is 5.94. The molecular formula is C25H19ClN2O6. The highest BCUT2D eigenvalue weighted by molar-refractivity contribution is 6.46. The van der Waals surface area contributed by atoms with E-state index in [2.05, 4.69) is 0 Å². The molecule has 3 aromatic rings. The Kier molecular flexibility index (Phi) is 6.34. The van der Waals surface area contributed by atoms with E-state index < -0.39 is 28.4 Å². The van der Waals surface area contributed by atoms with Crippen molar-refractivity contribution < 1.29 is 24.7 Å². The van der Waals surface area contributed by atoms with Gasteiger partial charge in [0, 0.05) is 29.3 Å². The molecule has 1 atom stereocenters. The number of aromatic hydroxyl groups is 1. The predicted octanol–water partition coefficient (Wildman–Crippen LogP) is 4.62. The SMILES string of the molecule is O=C1C(=O)N(CCc2ccc(Cl)cc2)C(c2ccc(O)cc2)/C1=C(/O)c1ccc([N+](=O)[O-])cc1. The zero-order valence-corrected chi connectivity index (χ0v) is 18.5. The van der Waals surface area contributed by atoms with E-state index in [0.717, 1.165) is 5.56 Å². The van der Waals surface area contributed by atoms with Crippen LogP contribution in [0.15, 0.2) is 78.4 Å². The number of carbonyl (C=O) groups excluding carboxylic acids is 2. The van der Waals surface area contributed by atoms with E-state index in [0.29, 0.717) is 17.0 Å². The number of hydrogen-bond donors (Lipinski definition) is 2. The summed E-state index contributed by atoms with van der Waals surface area (Å²) in [7, 11) is 0. The Morgan fingerprint density at radius 3 is 2.18 bits per heavy atom. The van der Waals surface area contributed by atoms with Gasteiger partial charge in [0.05, 0.1) is 16.5 Å². The molecule has 34 heavy (non-hydrogen) atoms. The molecular weight excluding hydrogens is 460 g/mol. The second-order valence-corrected chi connectivity index (χ2v) is 8.20. The summed E-state index contributed by atoms with van der Waals surface area (Å²) < 4.78 is 0. The molecule has 2 N–H and O–H groups in total. The van der Waals surface area contributed by atoms with Gasteiger partial charge in [-0.25, -0.2) is 0 Å². The monoisotopic (exact) mass is 478 g/mol. The lowest BCUT2D eigenvalue weighted by atomic mass is 9.95. The van der Waals surface area contributed by atoms with Crippen molar-refractivity contribution in [2.75, 3.05) is 6.54 Å². The third kappa shape index (κ3) is 4.49. The van der Waals surface area contributed by atoms with Crippen LogP contribution in [0.2, 0.25) is 5.02 Å². The number of non-ortho nitro benzene ring substituents is 1. The zero-order chi connectivity index (χ0) is 24.4. The maximum Gasteiger partial charge on any atom is 0.295 e. The first-order valence-electron chi connectivity index (χ1n) is 10.3. The van der Waals surface area contributed by atoms with Gasteiger partial charge in [0.15, 0.2) is 0 Å². The molecule has 0 saturated carbocycles. The van der Waals surface area contributed by atoms with Crippen molar-refractivity contribution in [3.8, 4) is 5.75 Å². The fourth-order valence-corrected chi connectivity index (χ4v) is 4.04. The van der Waals surface area contributed by atoms with E-state index in [1.54, 1.807) is 24.3 Å². The number of likely N-dealkylation sites (tertiary alicyclic amines) is 1. The highest BCUT2D eigenvalue weighted by atomic mass is 35.5. The summed E-state index contributed by atoms with van der Waals surface area (Å²) in [5.74, 6) is -2.04. The van der Waals surface area contributed by atoms with Crippen LogP contribution in [0, 0.1) is 10.1 Å². The standard InChI is InChI=1S/C25H19ClN2O6/c26-18-7-1-15(2-8-18)13-14-27-22(16-5-11-20(29)12-6-16)21(24(31)25(27)32)23(30)17-3-9-19(10-4-17)28(33)34/h1-12,22,29-30H,13-14H2/b23-21-. The summed E-state index contributed by atoms with van der Waals surface area (Å²) in [6.07, 6.45) is 0.441. The number of ketones is 1. The third-order valence-corrected chi connectivity index (χ3v) is 5.91. The van der Waals surface area contributed by atoms with E-state index in [1.165, 1.54) is 41.3 Å². The molecule has 0 aromatic heterocycles. The Bertz CT molecular complexity index is 1280. The second-order valence-electron chi connectivity index (χ2n) is 7.76. The number of nitro groups is 1. The average Bonchev–Trinajstić information content (AvgIpc) is 3.08. The van der Waals surface area contributed by atoms with Gasteiger partial charge >= 0.3 is 0 Å². The van der Waals surface area contributed by atoms with Gasteiger partial charge in [-0.05, 0) is 53.9 Å². The van der Waals surface area contributed by atoms with Gasteiger partial charge in [-0.3, -0.25) is 19.7 Å². The maximum atomic E-state index is 13.0. The topological polar surface area (TPSA) is 121 Å². The molecule has 0 aliphatic carbocycles. The van der Waals surface area contributed by atoms with Gasteiger partial charge in [-0.1, -0.05) is 35.9 Å². The molecule has 9 heteroatoms. The summed E-state index contributed by atoms with van der Waals surface area (Å²) in [5, 5.41) is 32.2. The minimum absolute atomic E-state index is 0.0113. The molecule has 1 aliphatic heterocycles. The van der Waals surface area contributed by atoms with Crippen molar-refractivity contribution in [2.45, 2.75) is 12.5 Å². The number of amides is 1. The highest BCUT2D eigenvalue weighted by Crippen LogP contribution is 2.40. The lowest BCUT2D eigenvalue weighted by molar-refractivity contribution is -0.384. The Morgan fingerprint density at radius 2 is 1.59 bits per heavy atom. The number of phenols is 1. The molecule has 1 saturated heterocycles. The molecule has 3 aromatic carbocycles. The number of aliphatic hydroxyl groups excluding tert-OH is 1. The van der Waals surface area contributed by atoms with Crippen LogP contribution in [-0.4, -0.2) is 38.3 Å². The van der Waals surface area contributed by atoms with Crippen LogP contribution >= 0.6 is 11.6 Å². The fraction of sp³-hybridized carbons (Fsp3) is 0.120. The summed E-state index contributed by atoms with van der Waals surface area (Å²) in [6, 6.07) is 17.3. The average molecular weight is 479 g/mol. The molecule has 8 nitrogen and oxygen atoms in total. The van der Waals surface area contributed by atoms with E-state index >= 15 is 0 Å². The Balaban J connectivity index is 1.75. The first-order valence-corrected chi connectivity index (χ1v) is 10.7. The number of aliphatic hydroxyl groups is 1. The predicted molar refractivity (Wildman–Crippen MR) is 125 cm³/mol. The third-order valence-electron chi connectivity index (χ3n) is 5.65. The summed E-state index contributed by atoms with van der Waals surface area (Å²) in [4.78, 5) is 37.8. The molecule has 1 amide bonds. The van der Waals surface area contributed by atoms with Crippen LogP contribution in [0.5, 0.6) is 5.75 Å². The Morgan fingerprint density at radius 1 is 0.971 bits per heavy atom. The van der Waals surface area contributed by atoms with Crippen molar-refractivity contribution in [2.24, 2.45) is 0 Å². The zero-order valence-electron chi connectivity index (χ0n) is 17.7. The smallest absolute Gasteiger partial charge is 0.295 e. The number of nitro benzene ring substituents is 1. The van der Waals surface area contributed by atoms with E-state index in [1.807, 2.05) is 12.1 Å². The molecule has 0 bridgehead atoms. The second kappa shape index (κ2) is 9.36. The molecule has 0 spiro atoms. The maximum absolute atomic E-state index is 13.0. The molecule has 172 valence electrons. The van der Waals surface area contributed by atoms with Crippen LogP contribution in [0.1, 0.15) is 22.7 Å². The van der Waals surface area contributed by atoms with Crippen molar-refractivity contribution in [3.05, 3.63) is 110 Å². The number of phenolic OH excluding ortho intramolecular Hbond substituents is 1. The first kappa shape index (κ1) is 23.0. The minimum Gasteiger partial charge on any atom is -0.508 e. The van der Waals surface area contributed by atoms with Gasteiger partial charge in [-0.15, -0.1) is 0 Å². The minimum atomic E-state index is -0.900. The van der Waals surface area contributed by atoms with Crippen molar-refractivity contribution in [3.63, 3.8) is 0 Å². The van der Waals surface area contributed by atoms with Crippen LogP contribution in [0.25, 0.3) is 5.76 Å². The van der Waals surface area contributed by atoms with Gasteiger partial charge in [0.2, 0.25) is 0 Å². The summed E-state index contributed by atoms with van der Waals surface area (Å²) in [6.45, 7) is 0.189. The number of Topliss-reactive ketones (excluding diaryl/α,β-unsaturated/α-hetero) is 1. The quantitative estimate of drug-likeness (QED) is 0.175. The van der Waals surface area contributed by atoms with E-state index in [-0.39, 0.29) is 29.1 Å². The summed E-state index contributed by atoms with van der Waals surface area (Å²) in [5.41, 5.74) is 1.31. The number of halogens is 1. The van der Waals surface area contributed by atoms with Gasteiger partial charge < -0.3 is 15.1 Å². The van der Waals surface area contributed by atoms with Gasteiger partial charge in [0.25, 0.3) is 17.4 Å². The van der Waals surface area contributed by atoms with Crippen LogP contribution < -0.4 is 0 Å². The van der Waals surface area contributed by atoms with Crippen molar-refractivity contribution >= 4 is 34.7 Å². The molecule has 1 heterocycles. The molecule has 1 unspecified atom stereocenters. The number of nitrogens with zero attached hydrogens (tertiary/aromatic N) is 2. The molecule has 1 fully saturated rings. The number of hydrogen-bond acceptors (Lipinski definition) is 6. The normalized spacial score (nSPS) is 17.2. The van der Waals surface area contributed by atoms with Crippen molar-refractivity contribution in [1.82, 2.24) is 4.90 Å². The first-order chi connectivity index (χ1) is 16.3. The molecule has 0 radical (unpaired) electrons. The van der Waals surface area contributed by atoms with Crippen LogP contribution in [-0.2, 0) is 16.0 Å². The lowest BCUT2D eigenvalue weighted by Gasteiger charge is -2.25. The number of rotatable bonds is 6. The van der Waals surface area contributed by atoms with Crippen molar-refractivity contribution in [1.29, 1.82) is 0 Å². The van der Waals surface area contributed by atoms with Gasteiger partial charge in [0.1, 0.15) is 11.5 Å². The van der Waals surface area contributed by atoms with E-state index in [9.17, 15) is 29.9 Å². The number of carbonyl (C=O) groups is 2. The van der Waals surface area contributed by atoms with E-state index in [4.69, 9.17) is 11.6 Å². The van der Waals surface area contributed by atoms with Crippen LogP contribution in [0.4, 0.5) is 5.69 Å². The molecule has 1 aliphatic rings. The lowest BCUT2D eigenvalue weighted by Crippen LogP contribution is -2.31. The Labute approximate surface area is 199 Å². The van der Waals surface area contributed by atoms with Crippen LogP contribution in [0.3, 0.4) is 0 Å². The number of benzene rings is 3. The molecule has 4 rings (SSSR count). The Hall–Kier alpha value is -4.17.